The molecule has 1 aromatic carbocycles. The number of carbonyl (C=O) groups is 1. The van der Waals surface area contributed by atoms with Crippen LogP contribution in [0, 0.1) is 5.92 Å². The Morgan fingerprint density at radius 3 is 2.44 bits per heavy atom. The molecule has 0 heterocycles. The van der Waals surface area contributed by atoms with Crippen molar-refractivity contribution in [3.63, 3.8) is 0 Å². The molecule has 1 rings (SSSR count). The topological polar surface area (TPSA) is 17.1 Å². The first-order valence-electron chi connectivity index (χ1n) is 5.87. The first kappa shape index (κ1) is 12.7. The summed E-state index contributed by atoms with van der Waals surface area (Å²) >= 11 is 0. The Hall–Kier alpha value is -1.37. The molecule has 0 aromatic heterocycles. The van der Waals surface area contributed by atoms with Crippen LogP contribution in [0.2, 0.25) is 0 Å². The van der Waals surface area contributed by atoms with Crippen LogP contribution in [0.15, 0.2) is 42.0 Å². The minimum atomic E-state index is 0.143. The van der Waals surface area contributed by atoms with Gasteiger partial charge in [0, 0.05) is 5.56 Å². The monoisotopic (exact) mass is 216 g/mol. The molecule has 0 spiro atoms. The second-order valence-electron chi connectivity index (χ2n) is 4.55. The third-order valence-corrected chi connectivity index (χ3v) is 2.59. The minimum Gasteiger partial charge on any atom is -0.289 e. The Labute approximate surface area is 98.2 Å². The van der Waals surface area contributed by atoms with Gasteiger partial charge in [0.05, 0.1) is 0 Å². The Balaban J connectivity index is 2.61. The van der Waals surface area contributed by atoms with Gasteiger partial charge in [-0.3, -0.25) is 4.79 Å². The number of Topliss-reactive ketones (excluding diaryl/α,β-unsaturated/α-hetero) is 1. The van der Waals surface area contributed by atoms with E-state index in [-0.39, 0.29) is 5.78 Å². The molecule has 0 saturated carbocycles. The largest absolute Gasteiger partial charge is 0.289 e. The van der Waals surface area contributed by atoms with Gasteiger partial charge in [0.25, 0.3) is 0 Å². The molecule has 1 nitrogen and oxygen atoms in total. The fraction of sp³-hybridized carbons (Fsp3) is 0.400. The summed E-state index contributed by atoms with van der Waals surface area (Å²) in [5, 5.41) is 0. The predicted molar refractivity (Wildman–Crippen MR) is 68.6 cm³/mol. The fourth-order valence-corrected chi connectivity index (χ4v) is 1.54. The van der Waals surface area contributed by atoms with Crippen molar-refractivity contribution >= 4 is 5.78 Å². The second-order valence-corrected chi connectivity index (χ2v) is 4.55. The number of benzene rings is 1. The number of hydrogen-bond donors (Lipinski definition) is 0. The van der Waals surface area contributed by atoms with E-state index in [0.29, 0.717) is 5.92 Å². The average Bonchev–Trinajstić information content (AvgIpc) is 2.28. The summed E-state index contributed by atoms with van der Waals surface area (Å²) in [7, 11) is 0. The molecule has 0 saturated heterocycles. The van der Waals surface area contributed by atoms with E-state index in [1.807, 2.05) is 37.3 Å². The van der Waals surface area contributed by atoms with Crippen LogP contribution >= 0.6 is 0 Å². The van der Waals surface area contributed by atoms with Gasteiger partial charge < -0.3 is 0 Å². The maximum Gasteiger partial charge on any atom is 0.188 e. The van der Waals surface area contributed by atoms with Crippen molar-refractivity contribution in [3.8, 4) is 0 Å². The van der Waals surface area contributed by atoms with Gasteiger partial charge in [0.2, 0.25) is 0 Å². The number of ketones is 1. The average molecular weight is 216 g/mol. The third-order valence-electron chi connectivity index (χ3n) is 2.59. The molecule has 0 unspecified atom stereocenters. The zero-order valence-electron chi connectivity index (χ0n) is 10.4. The number of carbonyl (C=O) groups excluding carboxylic acids is 1. The highest BCUT2D eigenvalue weighted by Crippen LogP contribution is 2.11. The summed E-state index contributed by atoms with van der Waals surface area (Å²) in [5.41, 5.74) is 1.63. The zero-order chi connectivity index (χ0) is 12.0. The van der Waals surface area contributed by atoms with Crippen molar-refractivity contribution in [1.82, 2.24) is 0 Å². The van der Waals surface area contributed by atoms with E-state index < -0.39 is 0 Å². The van der Waals surface area contributed by atoms with Gasteiger partial charge in [0.1, 0.15) is 0 Å². The normalized spacial score (nSPS) is 11.9. The Morgan fingerprint density at radius 2 is 1.88 bits per heavy atom. The summed E-state index contributed by atoms with van der Waals surface area (Å²) < 4.78 is 0. The molecular formula is C15H20O. The van der Waals surface area contributed by atoms with E-state index in [1.54, 1.807) is 0 Å². The van der Waals surface area contributed by atoms with Gasteiger partial charge in [-0.25, -0.2) is 0 Å². The van der Waals surface area contributed by atoms with E-state index in [9.17, 15) is 4.79 Å². The van der Waals surface area contributed by atoms with Crippen LogP contribution in [-0.2, 0) is 0 Å². The third kappa shape index (κ3) is 4.01. The second kappa shape index (κ2) is 6.26. The van der Waals surface area contributed by atoms with E-state index in [1.165, 1.54) is 0 Å². The highest BCUT2D eigenvalue weighted by molar-refractivity contribution is 6.08. The highest BCUT2D eigenvalue weighted by atomic mass is 16.1. The maximum absolute atomic E-state index is 12.0. The van der Waals surface area contributed by atoms with Crippen LogP contribution in [0.1, 0.15) is 44.0 Å². The summed E-state index contributed by atoms with van der Waals surface area (Å²) in [6.07, 6.45) is 4.18. The van der Waals surface area contributed by atoms with Crippen LogP contribution < -0.4 is 0 Å². The molecule has 0 aliphatic rings. The van der Waals surface area contributed by atoms with E-state index in [0.717, 1.165) is 24.0 Å². The van der Waals surface area contributed by atoms with Gasteiger partial charge >= 0.3 is 0 Å². The highest BCUT2D eigenvalue weighted by Gasteiger charge is 2.06. The molecule has 0 atom stereocenters. The number of allylic oxidation sites excluding steroid dienone is 2. The quantitative estimate of drug-likeness (QED) is 0.531. The van der Waals surface area contributed by atoms with Gasteiger partial charge in [0.15, 0.2) is 5.78 Å². The van der Waals surface area contributed by atoms with Crippen molar-refractivity contribution in [3.05, 3.63) is 47.5 Å². The molecule has 86 valence electrons. The first-order chi connectivity index (χ1) is 7.61. The Bertz CT molecular complexity index is 360. The molecule has 0 N–H and O–H groups in total. The number of hydrogen-bond acceptors (Lipinski definition) is 1. The van der Waals surface area contributed by atoms with Crippen molar-refractivity contribution < 1.29 is 4.79 Å². The molecule has 0 aliphatic heterocycles. The van der Waals surface area contributed by atoms with E-state index in [4.69, 9.17) is 0 Å². The van der Waals surface area contributed by atoms with Gasteiger partial charge in [-0.1, -0.05) is 50.3 Å². The lowest BCUT2D eigenvalue weighted by atomic mass is 10.0. The predicted octanol–water partition coefficient (Wildman–Crippen LogP) is 4.25. The molecule has 0 aliphatic carbocycles. The van der Waals surface area contributed by atoms with Crippen molar-refractivity contribution in [2.45, 2.75) is 33.6 Å². The van der Waals surface area contributed by atoms with Crippen molar-refractivity contribution in [1.29, 1.82) is 0 Å². The van der Waals surface area contributed by atoms with Crippen LogP contribution in [0.25, 0.3) is 0 Å². The van der Waals surface area contributed by atoms with Crippen molar-refractivity contribution in [2.75, 3.05) is 0 Å². The first-order valence-corrected chi connectivity index (χ1v) is 5.87. The molecular weight excluding hydrogens is 196 g/mol. The lowest BCUT2D eigenvalue weighted by molar-refractivity contribution is 0.103. The van der Waals surface area contributed by atoms with E-state index >= 15 is 0 Å². The van der Waals surface area contributed by atoms with Gasteiger partial charge in [-0.15, -0.1) is 0 Å². The molecule has 0 radical (unpaired) electrons. The maximum atomic E-state index is 12.0. The molecule has 1 aromatic rings. The SMILES string of the molecule is C/C(=C/CCC(C)C)C(=O)c1ccccc1. The molecule has 0 bridgehead atoms. The number of rotatable bonds is 5. The molecule has 0 fully saturated rings. The standard InChI is InChI=1S/C15H20O/c1-12(2)8-7-9-13(3)15(16)14-10-5-4-6-11-14/h4-6,9-12H,7-8H2,1-3H3/b13-9-. The molecule has 0 amide bonds. The van der Waals surface area contributed by atoms with Crippen molar-refractivity contribution in [2.24, 2.45) is 5.92 Å². The Morgan fingerprint density at radius 1 is 1.25 bits per heavy atom. The smallest absolute Gasteiger partial charge is 0.188 e. The Kier molecular flexibility index (Phi) is 4.97. The summed E-state index contributed by atoms with van der Waals surface area (Å²) in [4.78, 5) is 12.0. The zero-order valence-corrected chi connectivity index (χ0v) is 10.4. The van der Waals surface area contributed by atoms with Gasteiger partial charge in [-0.2, -0.15) is 0 Å². The van der Waals surface area contributed by atoms with Crippen LogP contribution in [-0.4, -0.2) is 5.78 Å². The summed E-state index contributed by atoms with van der Waals surface area (Å²) in [6.45, 7) is 6.29. The molecule has 1 heteroatoms. The van der Waals surface area contributed by atoms with Crippen LogP contribution in [0.5, 0.6) is 0 Å². The molecule has 16 heavy (non-hydrogen) atoms. The summed E-state index contributed by atoms with van der Waals surface area (Å²) in [5.74, 6) is 0.834. The lowest BCUT2D eigenvalue weighted by Crippen LogP contribution is -2.00. The lowest BCUT2D eigenvalue weighted by Gasteiger charge is -2.03. The summed E-state index contributed by atoms with van der Waals surface area (Å²) in [6, 6.07) is 9.45. The van der Waals surface area contributed by atoms with Crippen LogP contribution in [0.3, 0.4) is 0 Å². The van der Waals surface area contributed by atoms with Crippen LogP contribution in [0.4, 0.5) is 0 Å². The fourth-order valence-electron chi connectivity index (χ4n) is 1.54. The minimum absolute atomic E-state index is 0.143. The van der Waals surface area contributed by atoms with Gasteiger partial charge in [-0.05, 0) is 31.3 Å². The van der Waals surface area contributed by atoms with E-state index in [2.05, 4.69) is 19.9 Å².